The van der Waals surface area contributed by atoms with Crippen molar-refractivity contribution in [2.24, 2.45) is 0 Å². The molecular formula is C14H15F3N2O4S. The first-order valence-corrected chi connectivity index (χ1v) is 8.40. The molecule has 0 bridgehead atoms. The first kappa shape index (κ1) is 18.3. The van der Waals surface area contributed by atoms with E-state index in [0.717, 1.165) is 17.5 Å². The Hall–Kier alpha value is -2.07. The molecule has 0 unspecified atom stereocenters. The summed E-state index contributed by atoms with van der Waals surface area (Å²) in [5, 5.41) is 3.49. The van der Waals surface area contributed by atoms with Crippen LogP contribution in [0.4, 0.5) is 13.2 Å². The van der Waals surface area contributed by atoms with Gasteiger partial charge in [-0.15, -0.1) is 13.2 Å². The summed E-state index contributed by atoms with van der Waals surface area (Å²) < 4.78 is 64.4. The molecule has 0 spiro atoms. The summed E-state index contributed by atoms with van der Waals surface area (Å²) in [5.74, 6) is -0.931. The van der Waals surface area contributed by atoms with E-state index in [1.54, 1.807) is 0 Å². The summed E-state index contributed by atoms with van der Waals surface area (Å²) >= 11 is 0. The van der Waals surface area contributed by atoms with Gasteiger partial charge in [0.1, 0.15) is 5.75 Å². The van der Waals surface area contributed by atoms with Gasteiger partial charge in [-0.25, -0.2) is 8.42 Å². The van der Waals surface area contributed by atoms with Crippen molar-refractivity contribution in [2.45, 2.75) is 18.8 Å². The monoisotopic (exact) mass is 364 g/mol. The molecule has 0 radical (unpaired) electrons. The average molecular weight is 364 g/mol. The van der Waals surface area contributed by atoms with Crippen molar-refractivity contribution in [1.29, 1.82) is 0 Å². The van der Waals surface area contributed by atoms with Crippen LogP contribution >= 0.6 is 0 Å². The van der Waals surface area contributed by atoms with Gasteiger partial charge in [0.25, 0.3) is 5.91 Å². The summed E-state index contributed by atoms with van der Waals surface area (Å²) in [5.41, 5.74) is 0.148. The van der Waals surface area contributed by atoms with Crippen LogP contribution in [0.15, 0.2) is 36.3 Å². The fraction of sp³-hybridized carbons (Fsp3) is 0.357. The number of rotatable bonds is 5. The number of ether oxygens (including phenoxy) is 1. The van der Waals surface area contributed by atoms with E-state index in [1.807, 2.05) is 0 Å². The SMILES string of the molecule is C=CS(=O)(=O)N1CC[C@@H](NC(=O)c2ccc(OC(F)(F)F)cc2)C1. The largest absolute Gasteiger partial charge is 0.573 e. The Bertz CT molecular complexity index is 717. The molecule has 1 fully saturated rings. The minimum absolute atomic E-state index is 0.120. The van der Waals surface area contributed by atoms with Crippen molar-refractivity contribution in [3.63, 3.8) is 0 Å². The molecule has 10 heteroatoms. The highest BCUT2D eigenvalue weighted by Gasteiger charge is 2.32. The van der Waals surface area contributed by atoms with Gasteiger partial charge in [-0.2, -0.15) is 4.31 Å². The fourth-order valence-electron chi connectivity index (χ4n) is 2.26. The molecule has 0 aromatic heterocycles. The zero-order valence-corrected chi connectivity index (χ0v) is 13.2. The van der Waals surface area contributed by atoms with Crippen LogP contribution < -0.4 is 10.1 Å². The molecule has 1 heterocycles. The van der Waals surface area contributed by atoms with E-state index in [0.29, 0.717) is 6.42 Å². The summed E-state index contributed by atoms with van der Waals surface area (Å²) in [4.78, 5) is 12.1. The normalized spacial score (nSPS) is 19.0. The number of alkyl halides is 3. The molecule has 1 saturated heterocycles. The van der Waals surface area contributed by atoms with Gasteiger partial charge >= 0.3 is 6.36 Å². The lowest BCUT2D eigenvalue weighted by Crippen LogP contribution is -2.38. The third kappa shape index (κ3) is 4.71. The first-order valence-electron chi connectivity index (χ1n) is 6.90. The van der Waals surface area contributed by atoms with Crippen LogP contribution in [0.2, 0.25) is 0 Å². The van der Waals surface area contributed by atoms with E-state index in [-0.39, 0.29) is 24.7 Å². The lowest BCUT2D eigenvalue weighted by molar-refractivity contribution is -0.274. The number of benzene rings is 1. The van der Waals surface area contributed by atoms with Crippen LogP contribution in [-0.2, 0) is 10.0 Å². The Morgan fingerprint density at radius 3 is 2.50 bits per heavy atom. The smallest absolute Gasteiger partial charge is 0.406 e. The number of hydrogen-bond donors (Lipinski definition) is 1. The summed E-state index contributed by atoms with van der Waals surface area (Å²) in [7, 11) is -3.53. The highest BCUT2D eigenvalue weighted by atomic mass is 32.2. The topological polar surface area (TPSA) is 75.7 Å². The Morgan fingerprint density at radius 2 is 1.96 bits per heavy atom. The van der Waals surface area contributed by atoms with Crippen molar-refractivity contribution in [2.75, 3.05) is 13.1 Å². The van der Waals surface area contributed by atoms with Crippen LogP contribution in [0.3, 0.4) is 0 Å². The lowest BCUT2D eigenvalue weighted by Gasteiger charge is -2.15. The van der Waals surface area contributed by atoms with Crippen LogP contribution in [0.5, 0.6) is 5.75 Å². The van der Waals surface area contributed by atoms with Crippen molar-refractivity contribution in [3.05, 3.63) is 41.8 Å². The number of nitrogens with zero attached hydrogens (tertiary/aromatic N) is 1. The predicted molar refractivity (Wildman–Crippen MR) is 79.7 cm³/mol. The summed E-state index contributed by atoms with van der Waals surface area (Å²) in [6.07, 6.45) is -4.36. The maximum Gasteiger partial charge on any atom is 0.573 e. The first-order chi connectivity index (χ1) is 11.1. The van der Waals surface area contributed by atoms with Crippen molar-refractivity contribution in [3.8, 4) is 5.75 Å². The van der Waals surface area contributed by atoms with Crippen molar-refractivity contribution < 1.29 is 31.1 Å². The quantitative estimate of drug-likeness (QED) is 0.865. The molecule has 6 nitrogen and oxygen atoms in total. The molecule has 1 aliphatic rings. The van der Waals surface area contributed by atoms with E-state index in [9.17, 15) is 26.4 Å². The lowest BCUT2D eigenvalue weighted by atomic mass is 10.2. The fourth-order valence-corrected chi connectivity index (χ4v) is 3.22. The van der Waals surface area contributed by atoms with Crippen LogP contribution in [0.1, 0.15) is 16.8 Å². The molecule has 1 aromatic carbocycles. The maximum absolute atomic E-state index is 12.1. The second-order valence-corrected chi connectivity index (χ2v) is 6.98. The summed E-state index contributed by atoms with van der Waals surface area (Å²) in [6, 6.07) is 4.09. The van der Waals surface area contributed by atoms with Gasteiger partial charge in [0.2, 0.25) is 10.0 Å². The van der Waals surface area contributed by atoms with Gasteiger partial charge in [0.15, 0.2) is 0 Å². The van der Waals surface area contributed by atoms with E-state index < -0.39 is 28.0 Å². The Kier molecular flexibility index (Phi) is 5.19. The van der Waals surface area contributed by atoms with Crippen LogP contribution in [-0.4, -0.2) is 44.1 Å². The summed E-state index contributed by atoms with van der Waals surface area (Å²) in [6.45, 7) is 3.62. The Labute approximate surface area is 136 Å². The van der Waals surface area contributed by atoms with Gasteiger partial charge in [-0.05, 0) is 30.7 Å². The molecule has 1 aromatic rings. The maximum atomic E-state index is 12.1. The average Bonchev–Trinajstić information content (AvgIpc) is 2.95. The number of hydrogen-bond acceptors (Lipinski definition) is 4. The minimum Gasteiger partial charge on any atom is -0.406 e. The predicted octanol–water partition coefficient (Wildman–Crippen LogP) is 1.86. The van der Waals surface area contributed by atoms with Gasteiger partial charge in [0.05, 0.1) is 0 Å². The second-order valence-electron chi connectivity index (χ2n) is 5.10. The molecule has 0 aliphatic carbocycles. The number of halogens is 3. The van der Waals surface area contributed by atoms with Crippen molar-refractivity contribution >= 4 is 15.9 Å². The van der Waals surface area contributed by atoms with Gasteiger partial charge in [0, 0.05) is 30.1 Å². The third-order valence-electron chi connectivity index (χ3n) is 3.41. The molecular weight excluding hydrogens is 349 g/mol. The van der Waals surface area contributed by atoms with E-state index >= 15 is 0 Å². The standard InChI is InChI=1S/C14H15F3N2O4S/c1-2-24(21,22)19-8-7-11(9-19)18-13(20)10-3-5-12(6-4-10)23-14(15,16)17/h2-6,11H,1,7-9H2,(H,18,20)/t11-/m1/s1. The second kappa shape index (κ2) is 6.81. The molecule has 0 saturated carbocycles. The van der Waals surface area contributed by atoms with E-state index in [4.69, 9.17) is 0 Å². The molecule has 24 heavy (non-hydrogen) atoms. The number of carbonyl (C=O) groups is 1. The third-order valence-corrected chi connectivity index (χ3v) is 4.88. The van der Waals surface area contributed by atoms with Gasteiger partial charge in [-0.3, -0.25) is 4.79 Å². The zero-order chi connectivity index (χ0) is 18.0. The highest BCUT2D eigenvalue weighted by molar-refractivity contribution is 7.92. The Morgan fingerprint density at radius 1 is 1.33 bits per heavy atom. The molecule has 2 rings (SSSR count). The Balaban J connectivity index is 1.95. The number of sulfonamides is 1. The molecule has 1 aliphatic heterocycles. The minimum atomic E-state index is -4.80. The number of nitrogens with one attached hydrogen (secondary N) is 1. The number of amides is 1. The van der Waals surface area contributed by atoms with Gasteiger partial charge in [-0.1, -0.05) is 6.58 Å². The van der Waals surface area contributed by atoms with Crippen LogP contribution in [0.25, 0.3) is 0 Å². The van der Waals surface area contributed by atoms with Crippen LogP contribution in [0, 0.1) is 0 Å². The highest BCUT2D eigenvalue weighted by Crippen LogP contribution is 2.23. The molecule has 132 valence electrons. The van der Waals surface area contributed by atoms with E-state index in [1.165, 1.54) is 16.4 Å². The molecule has 1 atom stereocenters. The van der Waals surface area contributed by atoms with Crippen molar-refractivity contribution in [1.82, 2.24) is 9.62 Å². The van der Waals surface area contributed by atoms with E-state index in [2.05, 4.69) is 16.6 Å². The zero-order valence-electron chi connectivity index (χ0n) is 12.4. The van der Waals surface area contributed by atoms with Gasteiger partial charge < -0.3 is 10.1 Å². The molecule has 1 amide bonds. The molecule has 1 N–H and O–H groups in total. The number of carbonyl (C=O) groups excluding carboxylic acids is 1.